The molecule has 10 heteroatoms. The van der Waals surface area contributed by atoms with Gasteiger partial charge >= 0.3 is 6.29 Å². The van der Waals surface area contributed by atoms with E-state index in [4.69, 9.17) is 0 Å². The second-order valence-corrected chi connectivity index (χ2v) is 5.69. The minimum atomic E-state index is -3.74. The van der Waals surface area contributed by atoms with E-state index in [2.05, 4.69) is 19.8 Å². The van der Waals surface area contributed by atoms with Crippen LogP contribution in [0.2, 0.25) is 0 Å². The second-order valence-electron chi connectivity index (χ2n) is 4.82. The Kier molecular flexibility index (Phi) is 3.03. The second kappa shape index (κ2) is 4.99. The molecule has 0 atom stereocenters. The number of rotatable bonds is 2. The van der Waals surface area contributed by atoms with Gasteiger partial charge in [0.15, 0.2) is 16.5 Å². The summed E-state index contributed by atoms with van der Waals surface area (Å²) in [4.78, 5) is 28.9. The van der Waals surface area contributed by atoms with Crippen LogP contribution in [-0.2, 0) is 0 Å². The van der Waals surface area contributed by atoms with Crippen molar-refractivity contribution in [2.75, 3.05) is 5.32 Å². The molecule has 3 aromatic rings. The summed E-state index contributed by atoms with van der Waals surface area (Å²) < 4.78 is 35.8. The normalized spacial score (nSPS) is 14.8. The predicted octanol–water partition coefficient (Wildman–Crippen LogP) is 2.33. The van der Waals surface area contributed by atoms with Crippen LogP contribution in [0.3, 0.4) is 0 Å². The molecule has 0 saturated carbocycles. The smallest absolute Gasteiger partial charge is 0.395 e. The van der Waals surface area contributed by atoms with Gasteiger partial charge in [0.05, 0.1) is 0 Å². The van der Waals surface area contributed by atoms with Crippen LogP contribution in [-0.4, -0.2) is 21.6 Å². The summed E-state index contributed by atoms with van der Waals surface area (Å²) in [6.07, 6.45) is -1.06. The van der Waals surface area contributed by atoms with Crippen molar-refractivity contribution < 1.29 is 23.0 Å². The number of thiazole rings is 1. The molecule has 1 N–H and O–H groups in total. The summed E-state index contributed by atoms with van der Waals surface area (Å²) in [5.74, 6) is -1.06. The molecular formula is C14H7F2N3O4S. The number of amides is 1. The first kappa shape index (κ1) is 14.6. The number of anilines is 1. The molecule has 4 rings (SSSR count). The van der Waals surface area contributed by atoms with Gasteiger partial charge in [0.1, 0.15) is 5.56 Å². The molecule has 0 saturated heterocycles. The van der Waals surface area contributed by atoms with Crippen LogP contribution in [0.1, 0.15) is 10.4 Å². The van der Waals surface area contributed by atoms with Gasteiger partial charge in [-0.05, 0) is 12.1 Å². The Morgan fingerprint density at radius 1 is 1.29 bits per heavy atom. The summed E-state index contributed by atoms with van der Waals surface area (Å²) in [6, 6.07) is 3.77. The molecule has 0 fully saturated rings. The first-order chi connectivity index (χ1) is 11.4. The molecule has 2 aromatic heterocycles. The van der Waals surface area contributed by atoms with E-state index in [0.717, 1.165) is 0 Å². The summed E-state index contributed by atoms with van der Waals surface area (Å²) in [5, 5.41) is 4.11. The van der Waals surface area contributed by atoms with Crippen molar-refractivity contribution in [2.45, 2.75) is 6.29 Å². The number of alkyl halides is 2. The largest absolute Gasteiger partial charge is 0.586 e. The molecule has 0 spiro atoms. The average molecular weight is 351 g/mol. The number of carbonyl (C=O) groups excluding carboxylic acids is 1. The molecule has 1 aliphatic heterocycles. The third-order valence-corrected chi connectivity index (χ3v) is 4.02. The fraction of sp³-hybridized carbons (Fsp3) is 0.0714. The molecule has 1 aliphatic rings. The van der Waals surface area contributed by atoms with Crippen molar-refractivity contribution in [1.82, 2.24) is 9.38 Å². The number of hydrogen-bond donors (Lipinski definition) is 1. The third-order valence-electron chi connectivity index (χ3n) is 3.25. The summed E-state index contributed by atoms with van der Waals surface area (Å²) in [5.41, 5.74) is -0.519. The quantitative estimate of drug-likeness (QED) is 0.766. The highest BCUT2D eigenvalue weighted by molar-refractivity contribution is 7.15. The average Bonchev–Trinajstić information content (AvgIpc) is 3.09. The highest BCUT2D eigenvalue weighted by Crippen LogP contribution is 2.42. The number of benzene rings is 1. The Bertz CT molecular complexity index is 1030. The maximum absolute atomic E-state index is 13.0. The molecular weight excluding hydrogens is 344 g/mol. The Labute approximate surface area is 136 Å². The summed E-state index contributed by atoms with van der Waals surface area (Å²) in [7, 11) is 0. The van der Waals surface area contributed by atoms with Gasteiger partial charge in [0.2, 0.25) is 0 Å². The Morgan fingerprint density at radius 3 is 2.92 bits per heavy atom. The molecule has 122 valence electrons. The number of nitrogens with one attached hydrogen (secondary N) is 1. The lowest BCUT2D eigenvalue weighted by Crippen LogP contribution is -2.26. The van der Waals surface area contributed by atoms with Crippen LogP contribution < -0.4 is 20.3 Å². The van der Waals surface area contributed by atoms with E-state index >= 15 is 0 Å². The van der Waals surface area contributed by atoms with Crippen molar-refractivity contribution in [3.63, 3.8) is 0 Å². The zero-order chi connectivity index (χ0) is 16.9. The van der Waals surface area contributed by atoms with Crippen LogP contribution in [0.5, 0.6) is 11.5 Å². The number of ether oxygens (including phenoxy) is 2. The molecule has 0 radical (unpaired) electrons. The monoisotopic (exact) mass is 351 g/mol. The number of halogens is 2. The number of fused-ring (bicyclic) bond motifs is 2. The lowest BCUT2D eigenvalue weighted by Gasteiger charge is -2.06. The van der Waals surface area contributed by atoms with Crippen molar-refractivity contribution in [1.29, 1.82) is 0 Å². The van der Waals surface area contributed by atoms with Crippen molar-refractivity contribution >= 4 is 27.9 Å². The first-order valence-electron chi connectivity index (χ1n) is 6.59. The van der Waals surface area contributed by atoms with Gasteiger partial charge in [-0.25, -0.2) is 4.98 Å². The van der Waals surface area contributed by atoms with E-state index in [1.54, 1.807) is 5.38 Å². The summed E-state index contributed by atoms with van der Waals surface area (Å²) >= 11 is 1.26. The highest BCUT2D eigenvalue weighted by atomic mass is 32.1. The van der Waals surface area contributed by atoms with Crippen LogP contribution in [0, 0.1) is 0 Å². The Morgan fingerprint density at radius 2 is 2.08 bits per heavy atom. The van der Waals surface area contributed by atoms with Crippen molar-refractivity contribution in [2.24, 2.45) is 0 Å². The SMILES string of the molecule is O=C(Nc1ccc2c(c1)OC(F)(F)O2)c1cnc2sccn2c1=O. The molecule has 0 unspecified atom stereocenters. The van der Waals surface area contributed by atoms with Gasteiger partial charge in [-0.1, -0.05) is 0 Å². The van der Waals surface area contributed by atoms with Gasteiger partial charge < -0.3 is 14.8 Å². The molecule has 1 amide bonds. The molecule has 7 nitrogen and oxygen atoms in total. The molecule has 24 heavy (non-hydrogen) atoms. The van der Waals surface area contributed by atoms with Gasteiger partial charge in [-0.2, -0.15) is 0 Å². The van der Waals surface area contributed by atoms with E-state index in [1.807, 2.05) is 0 Å². The zero-order valence-corrected chi connectivity index (χ0v) is 12.5. The number of carbonyl (C=O) groups is 1. The molecule has 1 aromatic carbocycles. The Balaban J connectivity index is 1.63. The van der Waals surface area contributed by atoms with Gasteiger partial charge in [0, 0.05) is 29.5 Å². The highest BCUT2D eigenvalue weighted by Gasteiger charge is 2.43. The fourth-order valence-corrected chi connectivity index (χ4v) is 2.88. The van der Waals surface area contributed by atoms with Gasteiger partial charge in [-0.15, -0.1) is 20.1 Å². The van der Waals surface area contributed by atoms with Crippen LogP contribution in [0.15, 0.2) is 40.8 Å². The van der Waals surface area contributed by atoms with Crippen LogP contribution >= 0.6 is 11.3 Å². The van der Waals surface area contributed by atoms with Crippen molar-refractivity contribution in [3.8, 4) is 11.5 Å². The standard InChI is InChI=1S/C14H7F2N3O4S/c15-14(16)22-9-2-1-7(5-10(9)23-14)18-11(20)8-6-17-13-19(12(8)21)3-4-24-13/h1-6H,(H,18,20). The summed E-state index contributed by atoms with van der Waals surface area (Å²) in [6.45, 7) is 0. The van der Waals surface area contributed by atoms with Crippen LogP contribution in [0.25, 0.3) is 4.96 Å². The van der Waals surface area contributed by atoms with Crippen LogP contribution in [0.4, 0.5) is 14.5 Å². The minimum Gasteiger partial charge on any atom is -0.395 e. The molecule has 0 bridgehead atoms. The van der Waals surface area contributed by atoms with E-state index < -0.39 is 17.8 Å². The maximum atomic E-state index is 13.0. The maximum Gasteiger partial charge on any atom is 0.586 e. The number of hydrogen-bond acceptors (Lipinski definition) is 6. The number of aromatic nitrogens is 2. The van der Waals surface area contributed by atoms with Gasteiger partial charge in [-0.3, -0.25) is 14.0 Å². The van der Waals surface area contributed by atoms with Crippen molar-refractivity contribution in [3.05, 3.63) is 51.9 Å². The van der Waals surface area contributed by atoms with E-state index in [-0.39, 0.29) is 22.7 Å². The molecule has 3 heterocycles. The van der Waals surface area contributed by atoms with E-state index in [9.17, 15) is 18.4 Å². The lowest BCUT2D eigenvalue weighted by molar-refractivity contribution is -0.286. The predicted molar refractivity (Wildman–Crippen MR) is 79.9 cm³/mol. The lowest BCUT2D eigenvalue weighted by atomic mass is 10.2. The zero-order valence-electron chi connectivity index (χ0n) is 11.7. The fourth-order valence-electron chi connectivity index (χ4n) is 2.21. The molecule has 0 aliphatic carbocycles. The number of nitrogens with zero attached hydrogens (tertiary/aromatic N) is 2. The first-order valence-corrected chi connectivity index (χ1v) is 7.47. The van der Waals surface area contributed by atoms with E-state index in [1.165, 1.54) is 46.3 Å². The third kappa shape index (κ3) is 2.36. The topological polar surface area (TPSA) is 81.9 Å². The van der Waals surface area contributed by atoms with Gasteiger partial charge in [0.25, 0.3) is 11.5 Å². The Hall–Kier alpha value is -3.01. The van der Waals surface area contributed by atoms with E-state index in [0.29, 0.717) is 4.96 Å². The minimum absolute atomic E-state index is 0.139.